The summed E-state index contributed by atoms with van der Waals surface area (Å²) in [6, 6.07) is 0. The first-order valence-electron chi connectivity index (χ1n) is 3.67. The third-order valence-corrected chi connectivity index (χ3v) is 2.80. The van der Waals surface area contributed by atoms with Crippen LogP contribution in [0.4, 0.5) is 0 Å². The number of rotatable bonds is 4. The van der Waals surface area contributed by atoms with Crippen molar-refractivity contribution in [3.63, 3.8) is 0 Å². The molecule has 0 unspecified atom stereocenters. The Balaban J connectivity index is 3.64. The van der Waals surface area contributed by atoms with E-state index in [1.54, 1.807) is 0 Å². The summed E-state index contributed by atoms with van der Waals surface area (Å²) in [6.45, 7) is 2.94. The molecule has 0 amide bonds. The van der Waals surface area contributed by atoms with E-state index in [2.05, 4.69) is 6.92 Å². The normalized spacial score (nSPS) is 9.50. The molecule has 0 aliphatic heterocycles. The van der Waals surface area contributed by atoms with Gasteiger partial charge in [0.2, 0.25) is 0 Å². The van der Waals surface area contributed by atoms with Crippen LogP contribution in [0.1, 0.15) is 13.3 Å². The highest BCUT2D eigenvalue weighted by Gasteiger charge is 2.05. The van der Waals surface area contributed by atoms with Gasteiger partial charge in [0.25, 0.3) is 0 Å². The molecular formula is C7H13NO2S2. The van der Waals surface area contributed by atoms with Crippen LogP contribution in [-0.4, -0.2) is 39.6 Å². The van der Waals surface area contributed by atoms with Crippen molar-refractivity contribution in [2.45, 2.75) is 13.3 Å². The quantitative estimate of drug-likeness (QED) is 0.706. The molecule has 1 N–H and O–H groups in total. The fraction of sp³-hybridized carbons (Fsp3) is 0.714. The third-order valence-electron chi connectivity index (χ3n) is 1.19. The summed E-state index contributed by atoms with van der Waals surface area (Å²) >= 11 is 6.18. The first-order chi connectivity index (χ1) is 5.57. The van der Waals surface area contributed by atoms with Gasteiger partial charge in [-0.25, -0.2) is 0 Å². The van der Waals surface area contributed by atoms with Gasteiger partial charge in [0.15, 0.2) is 0 Å². The largest absolute Gasteiger partial charge is 0.481 e. The Labute approximate surface area is 82.1 Å². The number of thiocarbonyl (C=S) groups is 1. The van der Waals surface area contributed by atoms with Crippen molar-refractivity contribution in [1.82, 2.24) is 4.90 Å². The van der Waals surface area contributed by atoms with Gasteiger partial charge in [-0.2, -0.15) is 0 Å². The van der Waals surface area contributed by atoms with E-state index >= 15 is 0 Å². The van der Waals surface area contributed by atoms with Crippen LogP contribution in [0.25, 0.3) is 0 Å². The monoisotopic (exact) mass is 207 g/mol. The van der Waals surface area contributed by atoms with Gasteiger partial charge in [-0.05, 0) is 6.42 Å². The Kier molecular flexibility index (Phi) is 6.10. The van der Waals surface area contributed by atoms with Gasteiger partial charge in [-0.15, -0.1) is 0 Å². The maximum absolute atomic E-state index is 10.2. The number of aliphatic carboxylic acids is 1. The molecule has 3 nitrogen and oxygen atoms in total. The smallest absolute Gasteiger partial charge is 0.313 e. The Morgan fingerprint density at radius 3 is 2.67 bits per heavy atom. The maximum atomic E-state index is 10.2. The van der Waals surface area contributed by atoms with Crippen molar-refractivity contribution >= 4 is 34.3 Å². The molecule has 0 heterocycles. The van der Waals surface area contributed by atoms with Gasteiger partial charge < -0.3 is 10.0 Å². The second kappa shape index (κ2) is 6.25. The standard InChI is InChI=1S/C7H13NO2S2/c1-3-4-8(2)7(11)12-5-6(9)10/h3-5H2,1-2H3,(H,9,10). The van der Waals surface area contributed by atoms with Gasteiger partial charge in [0.1, 0.15) is 4.32 Å². The molecule has 12 heavy (non-hydrogen) atoms. The molecule has 5 heteroatoms. The Hall–Kier alpha value is -0.290. The molecule has 0 spiro atoms. The molecular weight excluding hydrogens is 194 g/mol. The first kappa shape index (κ1) is 11.7. The number of hydrogen-bond donors (Lipinski definition) is 1. The van der Waals surface area contributed by atoms with E-state index in [0.717, 1.165) is 13.0 Å². The molecule has 0 bridgehead atoms. The number of thioether (sulfide) groups is 1. The summed E-state index contributed by atoms with van der Waals surface area (Å²) in [5, 5.41) is 8.38. The fourth-order valence-electron chi connectivity index (χ4n) is 0.660. The van der Waals surface area contributed by atoms with Crippen LogP contribution in [0, 0.1) is 0 Å². The average Bonchev–Trinajstić information content (AvgIpc) is 2.00. The summed E-state index contributed by atoms with van der Waals surface area (Å²) in [4.78, 5) is 12.1. The maximum Gasteiger partial charge on any atom is 0.313 e. The van der Waals surface area contributed by atoms with E-state index in [1.807, 2.05) is 11.9 Å². The zero-order chi connectivity index (χ0) is 9.56. The third kappa shape index (κ3) is 5.37. The molecule has 0 saturated heterocycles. The number of hydrogen-bond acceptors (Lipinski definition) is 3. The summed E-state index contributed by atoms with van der Waals surface area (Å²) in [5.41, 5.74) is 0. The van der Waals surface area contributed by atoms with E-state index < -0.39 is 5.97 Å². The van der Waals surface area contributed by atoms with Crippen LogP contribution >= 0.6 is 24.0 Å². The summed E-state index contributed by atoms with van der Waals surface area (Å²) in [6.07, 6.45) is 1.02. The molecule has 0 saturated carbocycles. The van der Waals surface area contributed by atoms with Crippen molar-refractivity contribution in [1.29, 1.82) is 0 Å². The lowest BCUT2D eigenvalue weighted by Crippen LogP contribution is -2.24. The van der Waals surface area contributed by atoms with E-state index in [4.69, 9.17) is 17.3 Å². The van der Waals surface area contributed by atoms with Gasteiger partial charge in [-0.3, -0.25) is 4.79 Å². The Bertz CT molecular complexity index is 173. The van der Waals surface area contributed by atoms with Crippen LogP contribution in [-0.2, 0) is 4.79 Å². The molecule has 0 atom stereocenters. The molecule has 0 radical (unpaired) electrons. The van der Waals surface area contributed by atoms with E-state index in [0.29, 0.717) is 4.32 Å². The minimum atomic E-state index is -0.827. The van der Waals surface area contributed by atoms with Crippen molar-refractivity contribution in [3.05, 3.63) is 0 Å². The molecule has 0 aromatic rings. The highest BCUT2D eigenvalue weighted by molar-refractivity contribution is 8.23. The number of carboxylic acids is 1. The zero-order valence-electron chi connectivity index (χ0n) is 7.24. The van der Waals surface area contributed by atoms with Crippen molar-refractivity contribution in [3.8, 4) is 0 Å². The molecule has 0 aliphatic carbocycles. The van der Waals surface area contributed by atoms with E-state index in [9.17, 15) is 4.79 Å². The average molecular weight is 207 g/mol. The summed E-state index contributed by atoms with van der Waals surface area (Å²) in [5.74, 6) is -0.778. The number of nitrogens with zero attached hydrogens (tertiary/aromatic N) is 1. The van der Waals surface area contributed by atoms with Gasteiger partial charge in [0, 0.05) is 13.6 Å². The van der Waals surface area contributed by atoms with Crippen LogP contribution in [0.2, 0.25) is 0 Å². The minimum Gasteiger partial charge on any atom is -0.481 e. The number of carbonyl (C=O) groups is 1. The molecule has 0 aromatic heterocycles. The fourth-order valence-corrected chi connectivity index (χ4v) is 1.49. The van der Waals surface area contributed by atoms with Gasteiger partial charge in [-0.1, -0.05) is 30.9 Å². The van der Waals surface area contributed by atoms with Crippen molar-refractivity contribution < 1.29 is 9.90 Å². The molecule has 0 fully saturated rings. The van der Waals surface area contributed by atoms with Crippen molar-refractivity contribution in [2.24, 2.45) is 0 Å². The minimum absolute atomic E-state index is 0.0485. The SMILES string of the molecule is CCCN(C)C(=S)SCC(=O)O. The predicted molar refractivity (Wildman–Crippen MR) is 55.6 cm³/mol. The lowest BCUT2D eigenvalue weighted by Gasteiger charge is -2.17. The molecule has 0 aliphatic rings. The van der Waals surface area contributed by atoms with Gasteiger partial charge >= 0.3 is 5.97 Å². The first-order valence-corrected chi connectivity index (χ1v) is 5.07. The van der Waals surface area contributed by atoms with Crippen LogP contribution in [0.15, 0.2) is 0 Å². The van der Waals surface area contributed by atoms with E-state index in [-0.39, 0.29) is 5.75 Å². The molecule has 70 valence electrons. The predicted octanol–water partition coefficient (Wildman–Crippen LogP) is 1.43. The summed E-state index contributed by atoms with van der Waals surface area (Å²) in [7, 11) is 1.88. The lowest BCUT2D eigenvalue weighted by atomic mass is 10.5. The Morgan fingerprint density at radius 2 is 2.25 bits per heavy atom. The topological polar surface area (TPSA) is 40.5 Å². The highest BCUT2D eigenvalue weighted by atomic mass is 32.2. The van der Waals surface area contributed by atoms with Crippen LogP contribution in [0.5, 0.6) is 0 Å². The highest BCUT2D eigenvalue weighted by Crippen LogP contribution is 2.07. The van der Waals surface area contributed by atoms with Crippen molar-refractivity contribution in [2.75, 3.05) is 19.3 Å². The van der Waals surface area contributed by atoms with Crippen LogP contribution < -0.4 is 0 Å². The number of carboxylic acid groups (broad SMARTS) is 1. The Morgan fingerprint density at radius 1 is 1.67 bits per heavy atom. The van der Waals surface area contributed by atoms with Crippen LogP contribution in [0.3, 0.4) is 0 Å². The summed E-state index contributed by atoms with van der Waals surface area (Å²) < 4.78 is 0.652. The van der Waals surface area contributed by atoms with Gasteiger partial charge in [0.05, 0.1) is 5.75 Å². The molecule has 0 aromatic carbocycles. The zero-order valence-corrected chi connectivity index (χ0v) is 8.87. The second-order valence-electron chi connectivity index (χ2n) is 2.37. The second-order valence-corrected chi connectivity index (χ2v) is 3.98. The van der Waals surface area contributed by atoms with E-state index in [1.165, 1.54) is 11.8 Å². The lowest BCUT2D eigenvalue weighted by molar-refractivity contribution is -0.133. The molecule has 0 rings (SSSR count).